The zero-order chi connectivity index (χ0) is 23.3. The standard InChI is InChI=1S/C25H19Cl2NO4/c1-15(2)23(25(29)30)20-6-4-3-5-17(20)14-31-19-11-21(26)24(22(27)12-19)32-18-9-7-16(13-28)8-10-18/h3-12H,14H2,1-2H3,(H,29,30). The Balaban J connectivity index is 1.81. The Morgan fingerprint density at radius 2 is 1.62 bits per heavy atom. The van der Waals surface area contributed by atoms with Crippen LogP contribution in [0.4, 0.5) is 0 Å². The van der Waals surface area contributed by atoms with E-state index in [0.717, 1.165) is 5.56 Å². The van der Waals surface area contributed by atoms with E-state index in [-0.39, 0.29) is 28.0 Å². The summed E-state index contributed by atoms with van der Waals surface area (Å²) in [6.07, 6.45) is 0. The molecule has 32 heavy (non-hydrogen) atoms. The lowest BCUT2D eigenvalue weighted by molar-refractivity contribution is -0.130. The van der Waals surface area contributed by atoms with Crippen molar-refractivity contribution in [3.05, 3.63) is 93.0 Å². The topological polar surface area (TPSA) is 79.6 Å². The second-order valence-electron chi connectivity index (χ2n) is 7.08. The van der Waals surface area contributed by atoms with Crippen molar-refractivity contribution in [3.63, 3.8) is 0 Å². The number of hydrogen-bond acceptors (Lipinski definition) is 4. The van der Waals surface area contributed by atoms with Crippen LogP contribution in [-0.4, -0.2) is 11.1 Å². The van der Waals surface area contributed by atoms with E-state index in [1.165, 1.54) is 0 Å². The maximum Gasteiger partial charge on any atom is 0.336 e. The number of carboxylic acids is 1. The molecule has 1 N–H and O–H groups in total. The van der Waals surface area contributed by atoms with Gasteiger partial charge in [0, 0.05) is 12.1 Å². The average molecular weight is 468 g/mol. The molecule has 0 spiro atoms. The molecule has 0 saturated carbocycles. The fourth-order valence-electron chi connectivity index (χ4n) is 3.08. The Bertz CT molecular complexity index is 1200. The first-order chi connectivity index (χ1) is 15.3. The highest BCUT2D eigenvalue weighted by Gasteiger charge is 2.17. The fraction of sp³-hybridized carbons (Fsp3) is 0.120. The summed E-state index contributed by atoms with van der Waals surface area (Å²) < 4.78 is 11.6. The van der Waals surface area contributed by atoms with E-state index in [4.69, 9.17) is 37.9 Å². The van der Waals surface area contributed by atoms with Crippen LogP contribution in [0.15, 0.2) is 66.2 Å². The van der Waals surface area contributed by atoms with Crippen LogP contribution in [-0.2, 0) is 11.4 Å². The molecule has 0 radical (unpaired) electrons. The number of rotatable bonds is 7. The van der Waals surface area contributed by atoms with Crippen LogP contribution >= 0.6 is 23.2 Å². The molecular formula is C25H19Cl2NO4. The minimum atomic E-state index is -0.993. The molecule has 0 amide bonds. The summed E-state index contributed by atoms with van der Waals surface area (Å²) in [6, 6.07) is 18.9. The van der Waals surface area contributed by atoms with Crippen molar-refractivity contribution in [1.29, 1.82) is 5.26 Å². The third-order valence-electron chi connectivity index (χ3n) is 4.57. The van der Waals surface area contributed by atoms with Crippen LogP contribution in [0.2, 0.25) is 10.0 Å². The van der Waals surface area contributed by atoms with Crippen molar-refractivity contribution in [2.24, 2.45) is 0 Å². The first kappa shape index (κ1) is 23.2. The van der Waals surface area contributed by atoms with Crippen molar-refractivity contribution >= 4 is 34.7 Å². The Morgan fingerprint density at radius 1 is 1.00 bits per heavy atom. The smallest absolute Gasteiger partial charge is 0.336 e. The number of allylic oxidation sites excluding steroid dienone is 1. The van der Waals surface area contributed by atoms with Crippen LogP contribution in [0.1, 0.15) is 30.5 Å². The molecule has 0 aromatic heterocycles. The molecule has 0 saturated heterocycles. The summed E-state index contributed by atoms with van der Waals surface area (Å²) in [6.45, 7) is 3.64. The normalized spacial score (nSPS) is 10.2. The van der Waals surface area contributed by atoms with E-state index in [1.807, 2.05) is 18.2 Å². The number of nitrogens with zero attached hydrogens (tertiary/aromatic N) is 1. The summed E-state index contributed by atoms with van der Waals surface area (Å²) in [7, 11) is 0. The van der Waals surface area contributed by atoms with E-state index in [9.17, 15) is 9.90 Å². The summed E-state index contributed by atoms with van der Waals surface area (Å²) in [5.74, 6) is 0.172. The third kappa shape index (κ3) is 5.42. The molecule has 0 atom stereocenters. The Labute approximate surface area is 196 Å². The van der Waals surface area contributed by atoms with Crippen LogP contribution in [0, 0.1) is 11.3 Å². The Morgan fingerprint density at radius 3 is 2.19 bits per heavy atom. The van der Waals surface area contributed by atoms with E-state index in [2.05, 4.69) is 0 Å². The zero-order valence-corrected chi connectivity index (χ0v) is 18.9. The summed E-state index contributed by atoms with van der Waals surface area (Å²) in [4.78, 5) is 11.7. The second-order valence-corrected chi connectivity index (χ2v) is 7.89. The molecule has 0 heterocycles. The SMILES string of the molecule is CC(C)=C(C(=O)O)c1ccccc1COc1cc(Cl)c(Oc2ccc(C#N)cc2)c(Cl)c1. The quantitative estimate of drug-likeness (QED) is 0.374. The minimum absolute atomic E-state index is 0.128. The molecule has 0 aliphatic carbocycles. The number of benzene rings is 3. The van der Waals surface area contributed by atoms with E-state index in [1.54, 1.807) is 62.4 Å². The van der Waals surface area contributed by atoms with E-state index in [0.29, 0.717) is 28.2 Å². The van der Waals surface area contributed by atoms with Gasteiger partial charge < -0.3 is 14.6 Å². The number of hydrogen-bond donors (Lipinski definition) is 1. The van der Waals surface area contributed by atoms with Crippen molar-refractivity contribution < 1.29 is 19.4 Å². The molecule has 3 aromatic carbocycles. The predicted octanol–water partition coefficient (Wildman–Crippen LogP) is 7.11. The lowest BCUT2D eigenvalue weighted by Gasteiger charge is -2.15. The average Bonchev–Trinajstić information content (AvgIpc) is 2.75. The molecule has 7 heteroatoms. The summed E-state index contributed by atoms with van der Waals surface area (Å²) in [5.41, 5.74) is 2.76. The summed E-state index contributed by atoms with van der Waals surface area (Å²) in [5, 5.41) is 19.0. The third-order valence-corrected chi connectivity index (χ3v) is 5.13. The Kier molecular flexibility index (Phi) is 7.42. The molecular weight excluding hydrogens is 449 g/mol. The maximum absolute atomic E-state index is 11.7. The first-order valence-electron chi connectivity index (χ1n) is 9.59. The number of halogens is 2. The first-order valence-corrected chi connectivity index (χ1v) is 10.3. The number of aliphatic carboxylic acids is 1. The highest BCUT2D eigenvalue weighted by Crippen LogP contribution is 2.40. The molecule has 0 fully saturated rings. The molecule has 0 unspecified atom stereocenters. The molecule has 5 nitrogen and oxygen atoms in total. The van der Waals surface area contributed by atoms with Gasteiger partial charge in [0.1, 0.15) is 18.1 Å². The highest BCUT2D eigenvalue weighted by molar-refractivity contribution is 6.37. The lowest BCUT2D eigenvalue weighted by Crippen LogP contribution is -2.07. The van der Waals surface area contributed by atoms with Crippen LogP contribution in [0.5, 0.6) is 17.2 Å². The minimum Gasteiger partial charge on any atom is -0.489 e. The summed E-state index contributed by atoms with van der Waals surface area (Å²) >= 11 is 12.7. The van der Waals surface area contributed by atoms with Gasteiger partial charge in [0.15, 0.2) is 5.75 Å². The fourth-order valence-corrected chi connectivity index (χ4v) is 3.63. The molecule has 3 rings (SSSR count). The zero-order valence-electron chi connectivity index (χ0n) is 17.4. The molecule has 0 aliphatic rings. The van der Waals surface area contributed by atoms with Crippen LogP contribution < -0.4 is 9.47 Å². The number of carbonyl (C=O) groups is 1. The van der Waals surface area contributed by atoms with Crippen LogP contribution in [0.3, 0.4) is 0 Å². The van der Waals surface area contributed by atoms with Gasteiger partial charge >= 0.3 is 5.97 Å². The van der Waals surface area contributed by atoms with Gasteiger partial charge in [-0.05, 0) is 49.2 Å². The van der Waals surface area contributed by atoms with E-state index < -0.39 is 5.97 Å². The molecule has 3 aromatic rings. The maximum atomic E-state index is 11.7. The number of carboxylic acid groups (broad SMARTS) is 1. The van der Waals surface area contributed by atoms with Crippen molar-refractivity contribution in [1.82, 2.24) is 0 Å². The van der Waals surface area contributed by atoms with Crippen molar-refractivity contribution in [2.75, 3.05) is 0 Å². The lowest BCUT2D eigenvalue weighted by atomic mass is 9.97. The van der Waals surface area contributed by atoms with Crippen LogP contribution in [0.25, 0.3) is 5.57 Å². The van der Waals surface area contributed by atoms with Gasteiger partial charge in [0.05, 0.1) is 27.3 Å². The van der Waals surface area contributed by atoms with E-state index >= 15 is 0 Å². The van der Waals surface area contributed by atoms with Gasteiger partial charge in [-0.3, -0.25) is 0 Å². The van der Waals surface area contributed by atoms with Crippen molar-refractivity contribution in [2.45, 2.75) is 20.5 Å². The van der Waals surface area contributed by atoms with Gasteiger partial charge in [-0.2, -0.15) is 5.26 Å². The van der Waals surface area contributed by atoms with Gasteiger partial charge in [-0.1, -0.05) is 53.0 Å². The monoisotopic (exact) mass is 467 g/mol. The van der Waals surface area contributed by atoms with Gasteiger partial charge in [0.25, 0.3) is 0 Å². The van der Waals surface area contributed by atoms with Gasteiger partial charge in [-0.25, -0.2) is 4.79 Å². The number of nitriles is 1. The molecule has 0 aliphatic heterocycles. The highest BCUT2D eigenvalue weighted by atomic mass is 35.5. The van der Waals surface area contributed by atoms with Gasteiger partial charge in [-0.15, -0.1) is 0 Å². The number of ether oxygens (including phenoxy) is 2. The van der Waals surface area contributed by atoms with Gasteiger partial charge in [0.2, 0.25) is 0 Å². The largest absolute Gasteiger partial charge is 0.489 e. The molecule has 0 bridgehead atoms. The van der Waals surface area contributed by atoms with Crippen molar-refractivity contribution in [3.8, 4) is 23.3 Å². The molecule has 162 valence electrons. The second kappa shape index (κ2) is 10.2. The Hall–Kier alpha value is -3.46. The predicted molar refractivity (Wildman–Crippen MR) is 124 cm³/mol.